The second-order valence-corrected chi connectivity index (χ2v) is 7.32. The fourth-order valence-electron chi connectivity index (χ4n) is 3.03. The van der Waals surface area contributed by atoms with E-state index in [2.05, 4.69) is 9.73 Å². The van der Waals surface area contributed by atoms with Gasteiger partial charge in [-0.2, -0.15) is 26.3 Å². The summed E-state index contributed by atoms with van der Waals surface area (Å²) >= 11 is 6.18. The van der Waals surface area contributed by atoms with E-state index in [1.165, 1.54) is 6.21 Å². The van der Waals surface area contributed by atoms with Crippen molar-refractivity contribution in [2.45, 2.75) is 18.5 Å². The summed E-state index contributed by atoms with van der Waals surface area (Å²) in [5, 5.41) is 0.434. The summed E-state index contributed by atoms with van der Waals surface area (Å²) in [4.78, 5) is 18.5. The molecule has 1 aromatic rings. The molecule has 2 rings (SSSR count). The van der Waals surface area contributed by atoms with E-state index in [9.17, 15) is 31.1 Å². The number of hydrogen-bond acceptors (Lipinski definition) is 5. The van der Waals surface area contributed by atoms with Crippen LogP contribution < -0.4 is 5.73 Å². The molecule has 0 bridgehead atoms. The van der Waals surface area contributed by atoms with Gasteiger partial charge in [0.2, 0.25) is 0 Å². The van der Waals surface area contributed by atoms with Crippen molar-refractivity contribution in [3.8, 4) is 0 Å². The third-order valence-corrected chi connectivity index (χ3v) is 4.96. The Hall–Kier alpha value is -2.47. The van der Waals surface area contributed by atoms with Gasteiger partial charge in [-0.25, -0.2) is 4.79 Å². The molecule has 1 aromatic carbocycles. The van der Waals surface area contributed by atoms with Gasteiger partial charge in [0.15, 0.2) is 0 Å². The van der Waals surface area contributed by atoms with Gasteiger partial charge in [-0.05, 0) is 6.07 Å². The number of halogens is 7. The smallest absolute Gasteiger partial charge is 0.426 e. The number of nitrogens with two attached hydrogens (primary N) is 1. The Morgan fingerprint density at radius 2 is 1.72 bits per heavy atom. The van der Waals surface area contributed by atoms with Crippen molar-refractivity contribution in [2.24, 2.45) is 10.7 Å². The second-order valence-electron chi connectivity index (χ2n) is 6.92. The normalized spacial score (nSPS) is 17.1. The molecule has 2 N–H and O–H groups in total. The zero-order chi connectivity index (χ0) is 24.1. The Balaban J connectivity index is 2.04. The van der Waals surface area contributed by atoms with Gasteiger partial charge in [0, 0.05) is 67.8 Å². The summed E-state index contributed by atoms with van der Waals surface area (Å²) in [7, 11) is 1.55. The number of carbonyl (C=O) groups excluding carboxylic acids is 1. The molecular formula is C19H21ClF6N4O2. The molecule has 0 atom stereocenters. The number of amides is 1. The van der Waals surface area contributed by atoms with Crippen LogP contribution in [0.3, 0.4) is 0 Å². The number of piperazine rings is 1. The molecule has 1 amide bonds. The molecule has 178 valence electrons. The minimum absolute atomic E-state index is 0.121. The van der Waals surface area contributed by atoms with E-state index >= 15 is 0 Å². The molecule has 0 saturated carbocycles. The van der Waals surface area contributed by atoms with Crippen LogP contribution in [-0.4, -0.2) is 80.3 Å². The standard InChI is InChI=1S/C19H21ClF6N4O2/c1-28-10-12(15(27)13-4-2-3-5-14(13)20)11-29-6-8-30(9-7-29)17(31)32-16(18(21,22)23)19(24,25)26/h2-5,10,16H,6-9,11,27H2,1H3/b15-12+,28-10?. The van der Waals surface area contributed by atoms with E-state index in [1.54, 1.807) is 31.3 Å². The number of ether oxygens (including phenoxy) is 1. The quantitative estimate of drug-likeness (QED) is 0.505. The van der Waals surface area contributed by atoms with Crippen molar-refractivity contribution < 1.29 is 35.9 Å². The third kappa shape index (κ3) is 6.76. The van der Waals surface area contributed by atoms with Crippen LogP contribution in [0.5, 0.6) is 0 Å². The van der Waals surface area contributed by atoms with Crippen LogP contribution in [-0.2, 0) is 4.74 Å². The molecule has 0 radical (unpaired) electrons. The molecule has 32 heavy (non-hydrogen) atoms. The van der Waals surface area contributed by atoms with Crippen LogP contribution in [0.1, 0.15) is 5.56 Å². The average Bonchev–Trinajstić information content (AvgIpc) is 2.70. The Morgan fingerprint density at radius 3 is 2.22 bits per heavy atom. The van der Waals surface area contributed by atoms with Crippen LogP contribution in [0, 0.1) is 0 Å². The molecular weight excluding hydrogens is 466 g/mol. The molecule has 1 aliphatic rings. The maximum Gasteiger partial charge on any atom is 0.434 e. The van der Waals surface area contributed by atoms with Gasteiger partial charge >= 0.3 is 18.4 Å². The number of hydrogen-bond donors (Lipinski definition) is 1. The predicted octanol–water partition coefficient (Wildman–Crippen LogP) is 3.96. The van der Waals surface area contributed by atoms with E-state index in [4.69, 9.17) is 17.3 Å². The van der Waals surface area contributed by atoms with E-state index in [0.29, 0.717) is 21.9 Å². The molecule has 1 fully saturated rings. The largest absolute Gasteiger partial charge is 0.434 e. The van der Waals surface area contributed by atoms with Crippen molar-refractivity contribution in [3.05, 3.63) is 40.4 Å². The Kier molecular flexibility index (Phi) is 8.41. The highest BCUT2D eigenvalue weighted by Crippen LogP contribution is 2.36. The van der Waals surface area contributed by atoms with Gasteiger partial charge in [0.1, 0.15) is 0 Å². The molecule has 1 heterocycles. The highest BCUT2D eigenvalue weighted by molar-refractivity contribution is 6.32. The summed E-state index contributed by atoms with van der Waals surface area (Å²) in [6, 6.07) is 6.90. The predicted molar refractivity (Wildman–Crippen MR) is 107 cm³/mol. The number of alkyl halides is 6. The molecule has 0 aromatic heterocycles. The van der Waals surface area contributed by atoms with Crippen molar-refractivity contribution in [1.82, 2.24) is 9.80 Å². The summed E-state index contributed by atoms with van der Waals surface area (Å²) in [6.07, 6.45) is -15.8. The van der Waals surface area contributed by atoms with Gasteiger partial charge in [-0.1, -0.05) is 29.8 Å². The lowest BCUT2D eigenvalue weighted by atomic mass is 10.1. The number of aliphatic imine (C=N–C) groups is 1. The first-order chi connectivity index (χ1) is 14.8. The highest BCUT2D eigenvalue weighted by atomic mass is 35.5. The maximum absolute atomic E-state index is 12.6. The molecule has 1 saturated heterocycles. The second kappa shape index (κ2) is 10.4. The van der Waals surface area contributed by atoms with Gasteiger partial charge in [0.25, 0.3) is 6.10 Å². The van der Waals surface area contributed by atoms with Gasteiger partial charge in [0.05, 0.1) is 0 Å². The van der Waals surface area contributed by atoms with Crippen molar-refractivity contribution >= 4 is 29.6 Å². The van der Waals surface area contributed by atoms with Crippen molar-refractivity contribution in [1.29, 1.82) is 0 Å². The molecule has 0 aliphatic carbocycles. The number of nitrogens with zero attached hydrogens (tertiary/aromatic N) is 3. The molecule has 6 nitrogen and oxygen atoms in total. The Bertz CT molecular complexity index is 850. The van der Waals surface area contributed by atoms with Crippen LogP contribution in [0.25, 0.3) is 5.70 Å². The topological polar surface area (TPSA) is 71.2 Å². The van der Waals surface area contributed by atoms with E-state index in [-0.39, 0.29) is 32.7 Å². The fraction of sp³-hybridized carbons (Fsp3) is 0.474. The summed E-state index contributed by atoms with van der Waals surface area (Å²) < 4.78 is 79.4. The lowest BCUT2D eigenvalue weighted by molar-refractivity contribution is -0.308. The first-order valence-corrected chi connectivity index (χ1v) is 9.69. The number of rotatable bonds is 5. The van der Waals surface area contributed by atoms with Crippen molar-refractivity contribution in [2.75, 3.05) is 39.8 Å². The van der Waals surface area contributed by atoms with E-state index in [0.717, 1.165) is 4.90 Å². The fourth-order valence-corrected chi connectivity index (χ4v) is 3.27. The third-order valence-electron chi connectivity index (χ3n) is 4.63. The molecule has 0 spiro atoms. The van der Waals surface area contributed by atoms with Gasteiger partial charge < -0.3 is 15.4 Å². The Morgan fingerprint density at radius 1 is 1.16 bits per heavy atom. The SMILES string of the molecule is CN=C/C(CN1CCN(C(=O)OC(C(F)(F)F)C(F)(F)F)CC1)=C(\N)c1ccccc1Cl. The van der Waals surface area contributed by atoms with Crippen LogP contribution >= 0.6 is 11.6 Å². The maximum atomic E-state index is 12.6. The van der Waals surface area contributed by atoms with Crippen LogP contribution in [0.15, 0.2) is 34.8 Å². The minimum atomic E-state index is -5.76. The molecule has 1 aliphatic heterocycles. The molecule has 13 heteroatoms. The van der Waals surface area contributed by atoms with Crippen molar-refractivity contribution in [3.63, 3.8) is 0 Å². The number of benzene rings is 1. The lowest BCUT2D eigenvalue weighted by Gasteiger charge is -2.35. The first-order valence-electron chi connectivity index (χ1n) is 9.31. The van der Waals surface area contributed by atoms with E-state index in [1.807, 2.05) is 4.90 Å². The zero-order valence-electron chi connectivity index (χ0n) is 16.9. The van der Waals surface area contributed by atoms with Crippen LogP contribution in [0.4, 0.5) is 31.1 Å². The van der Waals surface area contributed by atoms with Gasteiger partial charge in [-0.15, -0.1) is 0 Å². The van der Waals surface area contributed by atoms with E-state index < -0.39 is 24.5 Å². The minimum Gasteiger partial charge on any atom is -0.426 e. The Labute approximate surface area is 185 Å². The number of carbonyl (C=O) groups is 1. The van der Waals surface area contributed by atoms with Crippen LogP contribution in [0.2, 0.25) is 5.02 Å². The first kappa shape index (κ1) is 25.8. The zero-order valence-corrected chi connectivity index (χ0v) is 17.6. The lowest BCUT2D eigenvalue weighted by Crippen LogP contribution is -2.53. The summed E-state index contributed by atoms with van der Waals surface area (Å²) in [6.45, 7) is 0.391. The summed E-state index contributed by atoms with van der Waals surface area (Å²) in [5.74, 6) is 0. The monoisotopic (exact) mass is 486 g/mol. The highest BCUT2D eigenvalue weighted by Gasteiger charge is 2.60. The average molecular weight is 487 g/mol. The molecule has 0 unspecified atom stereocenters. The summed E-state index contributed by atoms with van der Waals surface area (Å²) in [5.41, 5.74) is 7.82. The van der Waals surface area contributed by atoms with Gasteiger partial charge in [-0.3, -0.25) is 9.89 Å².